The van der Waals surface area contributed by atoms with Gasteiger partial charge in [0.1, 0.15) is 16.7 Å². The number of carbonyl (C=O) groups excluding carboxylic acids is 1. The Hall–Kier alpha value is -1.02. The third kappa shape index (κ3) is 3.35. The first-order valence-corrected chi connectivity index (χ1v) is 9.62. The number of likely N-dealkylation sites (N-methyl/N-ethyl adjacent to an activating group) is 1. The van der Waals surface area contributed by atoms with E-state index in [0.29, 0.717) is 6.61 Å². The number of likely N-dealkylation sites (tertiary alicyclic amines) is 1. The van der Waals surface area contributed by atoms with E-state index in [-0.39, 0.29) is 17.6 Å². The Labute approximate surface area is 147 Å². The molecular weight excluding hydrogens is 324 g/mol. The largest absolute Gasteiger partial charge is 0.369 e. The minimum atomic E-state index is -0.112. The van der Waals surface area contributed by atoms with Gasteiger partial charge in [-0.25, -0.2) is 4.98 Å². The second-order valence-electron chi connectivity index (χ2n) is 7.69. The average Bonchev–Trinajstić information content (AvgIpc) is 3.18. The SMILES string of the molecule is CN(C)C(=O)[C@H]1COC2(CN(Cc3nccs3)C2)CN1CC1CC1. The summed E-state index contributed by atoms with van der Waals surface area (Å²) < 4.78 is 6.22. The third-order valence-corrected chi connectivity index (χ3v) is 6.03. The Balaban J connectivity index is 1.37. The Bertz CT molecular complexity index is 581. The van der Waals surface area contributed by atoms with Crippen molar-refractivity contribution in [2.45, 2.75) is 31.0 Å². The van der Waals surface area contributed by atoms with Crippen molar-refractivity contribution >= 4 is 17.2 Å². The van der Waals surface area contributed by atoms with E-state index in [1.54, 1.807) is 16.2 Å². The molecule has 2 aliphatic heterocycles. The van der Waals surface area contributed by atoms with Crippen LogP contribution in [0.2, 0.25) is 0 Å². The van der Waals surface area contributed by atoms with Crippen molar-refractivity contribution in [3.8, 4) is 0 Å². The molecule has 1 aromatic heterocycles. The predicted octanol–water partition coefficient (Wildman–Crippen LogP) is 0.897. The maximum absolute atomic E-state index is 12.5. The van der Waals surface area contributed by atoms with Crippen LogP contribution in [0.4, 0.5) is 0 Å². The van der Waals surface area contributed by atoms with E-state index < -0.39 is 0 Å². The van der Waals surface area contributed by atoms with Crippen LogP contribution < -0.4 is 0 Å². The van der Waals surface area contributed by atoms with Gasteiger partial charge in [0.2, 0.25) is 5.91 Å². The first-order valence-electron chi connectivity index (χ1n) is 8.75. The van der Waals surface area contributed by atoms with Gasteiger partial charge in [0.15, 0.2) is 0 Å². The van der Waals surface area contributed by atoms with Crippen LogP contribution in [0.15, 0.2) is 11.6 Å². The van der Waals surface area contributed by atoms with Crippen molar-refractivity contribution in [1.29, 1.82) is 0 Å². The number of amides is 1. The van der Waals surface area contributed by atoms with E-state index in [1.165, 1.54) is 12.8 Å². The highest BCUT2D eigenvalue weighted by molar-refractivity contribution is 7.09. The van der Waals surface area contributed by atoms with Crippen LogP contribution in [0.1, 0.15) is 17.8 Å². The summed E-state index contributed by atoms with van der Waals surface area (Å²) >= 11 is 1.71. The van der Waals surface area contributed by atoms with Crippen molar-refractivity contribution < 1.29 is 9.53 Å². The number of morpholine rings is 1. The fourth-order valence-electron chi connectivity index (χ4n) is 3.83. The smallest absolute Gasteiger partial charge is 0.241 e. The summed E-state index contributed by atoms with van der Waals surface area (Å²) in [6.07, 6.45) is 4.48. The van der Waals surface area contributed by atoms with Crippen molar-refractivity contribution in [3.63, 3.8) is 0 Å². The zero-order valence-electron chi connectivity index (χ0n) is 14.5. The van der Waals surface area contributed by atoms with E-state index in [2.05, 4.69) is 14.8 Å². The fraction of sp³-hybridized carbons (Fsp3) is 0.765. The molecule has 1 saturated carbocycles. The van der Waals surface area contributed by atoms with Gasteiger partial charge in [0.25, 0.3) is 0 Å². The molecule has 7 heteroatoms. The predicted molar refractivity (Wildman–Crippen MR) is 92.9 cm³/mol. The molecule has 0 unspecified atom stereocenters. The molecule has 1 aliphatic carbocycles. The number of rotatable bonds is 5. The summed E-state index contributed by atoms with van der Waals surface area (Å²) in [6, 6.07) is -0.112. The lowest BCUT2D eigenvalue weighted by atomic mass is 9.90. The molecule has 2 saturated heterocycles. The van der Waals surface area contributed by atoms with E-state index in [1.807, 2.05) is 25.7 Å². The van der Waals surface area contributed by atoms with E-state index in [9.17, 15) is 4.79 Å². The minimum absolute atomic E-state index is 0.0881. The number of hydrogen-bond acceptors (Lipinski definition) is 6. The number of ether oxygens (including phenoxy) is 1. The van der Waals surface area contributed by atoms with Gasteiger partial charge in [-0.1, -0.05) is 0 Å². The molecule has 0 N–H and O–H groups in total. The van der Waals surface area contributed by atoms with Crippen molar-refractivity contribution in [2.75, 3.05) is 46.9 Å². The summed E-state index contributed by atoms with van der Waals surface area (Å²) in [7, 11) is 3.67. The molecule has 24 heavy (non-hydrogen) atoms. The minimum Gasteiger partial charge on any atom is -0.369 e. The van der Waals surface area contributed by atoms with Gasteiger partial charge >= 0.3 is 0 Å². The summed E-state index contributed by atoms with van der Waals surface area (Å²) in [4.78, 5) is 23.3. The number of aromatic nitrogens is 1. The first-order chi connectivity index (χ1) is 11.5. The summed E-state index contributed by atoms with van der Waals surface area (Å²) in [5.74, 6) is 0.952. The van der Waals surface area contributed by atoms with Crippen molar-refractivity contribution in [2.24, 2.45) is 5.92 Å². The molecule has 3 fully saturated rings. The lowest BCUT2D eigenvalue weighted by molar-refractivity contribution is -0.205. The molecule has 1 spiro atoms. The van der Waals surface area contributed by atoms with E-state index in [0.717, 1.165) is 43.6 Å². The molecule has 0 aromatic carbocycles. The molecule has 0 bridgehead atoms. The quantitative estimate of drug-likeness (QED) is 0.790. The van der Waals surface area contributed by atoms with Gasteiger partial charge in [0.05, 0.1) is 13.2 Å². The standard InChI is InChI=1S/C17H26N4O2S/c1-19(2)16(22)14-9-23-17(12-21(14)7-13-3-4-13)10-20(11-17)8-15-18-5-6-24-15/h5-6,13-14H,3-4,7-12H2,1-2H3/t14-/m1/s1. The van der Waals surface area contributed by atoms with Crippen molar-refractivity contribution in [1.82, 2.24) is 19.7 Å². The maximum atomic E-state index is 12.5. The fourth-order valence-corrected chi connectivity index (χ4v) is 4.49. The van der Waals surface area contributed by atoms with E-state index >= 15 is 0 Å². The molecule has 3 aliphatic rings. The number of nitrogens with zero attached hydrogens (tertiary/aromatic N) is 4. The monoisotopic (exact) mass is 350 g/mol. The second kappa shape index (κ2) is 6.37. The van der Waals surface area contributed by atoms with E-state index in [4.69, 9.17) is 4.74 Å². The van der Waals surface area contributed by atoms with Crippen LogP contribution in [-0.4, -0.2) is 84.1 Å². The molecule has 4 rings (SSSR count). The average molecular weight is 350 g/mol. The zero-order chi connectivity index (χ0) is 16.7. The van der Waals surface area contributed by atoms with Crippen LogP contribution in [0.5, 0.6) is 0 Å². The Morgan fingerprint density at radius 2 is 2.21 bits per heavy atom. The summed E-state index contributed by atoms with van der Waals surface area (Å²) in [5, 5.41) is 3.19. The van der Waals surface area contributed by atoms with Gasteiger partial charge in [-0.15, -0.1) is 11.3 Å². The van der Waals surface area contributed by atoms with Gasteiger partial charge in [-0.2, -0.15) is 0 Å². The molecule has 1 atom stereocenters. The number of carbonyl (C=O) groups is 1. The molecule has 132 valence electrons. The Kier molecular flexibility index (Phi) is 4.36. The van der Waals surface area contributed by atoms with Crippen LogP contribution in [0.3, 0.4) is 0 Å². The highest BCUT2D eigenvalue weighted by Crippen LogP contribution is 2.36. The first kappa shape index (κ1) is 16.4. The lowest BCUT2D eigenvalue weighted by Crippen LogP contribution is -2.72. The molecular formula is C17H26N4O2S. The van der Waals surface area contributed by atoms with Crippen molar-refractivity contribution in [3.05, 3.63) is 16.6 Å². The number of thiazole rings is 1. The van der Waals surface area contributed by atoms with Crippen LogP contribution >= 0.6 is 11.3 Å². The molecule has 1 amide bonds. The third-order valence-electron chi connectivity index (χ3n) is 5.26. The van der Waals surface area contributed by atoms with Gasteiger partial charge in [-0.05, 0) is 18.8 Å². The van der Waals surface area contributed by atoms with Crippen LogP contribution in [0, 0.1) is 5.92 Å². The number of hydrogen-bond donors (Lipinski definition) is 0. The Morgan fingerprint density at radius 1 is 1.42 bits per heavy atom. The summed E-state index contributed by atoms with van der Waals surface area (Å²) in [5.41, 5.74) is -0.0881. The molecule has 1 aromatic rings. The topological polar surface area (TPSA) is 48.9 Å². The zero-order valence-corrected chi connectivity index (χ0v) is 15.3. The van der Waals surface area contributed by atoms with Crippen LogP contribution in [-0.2, 0) is 16.1 Å². The molecule has 0 radical (unpaired) electrons. The Morgan fingerprint density at radius 3 is 2.83 bits per heavy atom. The molecule has 6 nitrogen and oxygen atoms in total. The highest BCUT2D eigenvalue weighted by Gasteiger charge is 2.51. The van der Waals surface area contributed by atoms with Crippen LogP contribution in [0.25, 0.3) is 0 Å². The summed E-state index contributed by atoms with van der Waals surface area (Å²) in [6.45, 7) is 5.23. The lowest BCUT2D eigenvalue weighted by Gasteiger charge is -2.55. The maximum Gasteiger partial charge on any atom is 0.241 e. The van der Waals surface area contributed by atoms with Gasteiger partial charge in [0, 0.05) is 51.9 Å². The second-order valence-corrected chi connectivity index (χ2v) is 8.67. The normalized spacial score (nSPS) is 27.2. The molecule has 3 heterocycles. The highest BCUT2D eigenvalue weighted by atomic mass is 32.1. The van der Waals surface area contributed by atoms with Gasteiger partial charge in [-0.3, -0.25) is 14.6 Å². The van der Waals surface area contributed by atoms with Gasteiger partial charge < -0.3 is 9.64 Å².